The predicted octanol–water partition coefficient (Wildman–Crippen LogP) is 3.26. The molecule has 0 amide bonds. The Bertz CT molecular complexity index is 1320. The van der Waals surface area contributed by atoms with Crippen LogP contribution >= 0.6 is 0 Å². The van der Waals surface area contributed by atoms with Gasteiger partial charge >= 0.3 is 5.97 Å². The Morgan fingerprint density at radius 2 is 1.44 bits per heavy atom. The van der Waals surface area contributed by atoms with E-state index in [0.717, 1.165) is 0 Å². The highest BCUT2D eigenvalue weighted by molar-refractivity contribution is 6.30. The summed E-state index contributed by atoms with van der Waals surface area (Å²) in [7, 11) is 4.27. The van der Waals surface area contributed by atoms with Crippen LogP contribution in [0.4, 0.5) is 0 Å². The average molecular weight is 464 g/mol. The number of hydrogen-bond donors (Lipinski definition) is 2. The molecule has 1 aliphatic carbocycles. The van der Waals surface area contributed by atoms with Gasteiger partial charge in [-0.3, -0.25) is 9.59 Å². The predicted molar refractivity (Wildman–Crippen MR) is 118 cm³/mol. The Hall–Kier alpha value is -4.53. The van der Waals surface area contributed by atoms with Crippen LogP contribution in [0.3, 0.4) is 0 Å². The first kappa shape index (κ1) is 22.7. The van der Waals surface area contributed by atoms with Crippen LogP contribution in [0, 0.1) is 0 Å². The van der Waals surface area contributed by atoms with E-state index in [2.05, 4.69) is 0 Å². The lowest BCUT2D eigenvalue weighted by atomic mass is 9.82. The van der Waals surface area contributed by atoms with Gasteiger partial charge in [-0.25, -0.2) is 4.79 Å². The van der Waals surface area contributed by atoms with Crippen LogP contribution in [0.1, 0.15) is 47.8 Å². The molecule has 0 unspecified atom stereocenters. The van der Waals surface area contributed by atoms with E-state index in [1.54, 1.807) is 0 Å². The van der Waals surface area contributed by atoms with E-state index in [9.17, 15) is 24.6 Å². The van der Waals surface area contributed by atoms with Gasteiger partial charge in [0, 0.05) is 11.1 Å². The molecule has 2 N–H and O–H groups in total. The third-order valence-corrected chi connectivity index (χ3v) is 5.43. The van der Waals surface area contributed by atoms with Gasteiger partial charge in [0.25, 0.3) is 0 Å². The molecular formula is C25H20O9. The number of phenolic OH excluding ortho intramolecular Hbond substituents is 2. The summed E-state index contributed by atoms with van der Waals surface area (Å²) in [5.74, 6) is -1.86. The Kier molecular flexibility index (Phi) is 5.85. The van der Waals surface area contributed by atoms with Crippen LogP contribution in [0.15, 0.2) is 42.5 Å². The number of rotatable bonds is 6. The standard InChI is InChI=1S/C25H20O9/c1-31-18-9-13(10-19(32-2)24(18)33-3)25(30)34-11-12-7-15-21(17(27)8-12)23(29)20-14(22(15)28)5-4-6-16(20)26/h4-10,26-27H,11H2,1-3H3. The first-order valence-corrected chi connectivity index (χ1v) is 10.0. The summed E-state index contributed by atoms with van der Waals surface area (Å²) in [6.07, 6.45) is 0. The Balaban J connectivity index is 1.62. The number of benzene rings is 3. The summed E-state index contributed by atoms with van der Waals surface area (Å²) in [6, 6.07) is 9.64. The molecule has 0 aromatic heterocycles. The monoisotopic (exact) mass is 464 g/mol. The Labute approximate surface area is 194 Å². The van der Waals surface area contributed by atoms with Crippen LogP contribution in [0.5, 0.6) is 28.7 Å². The Morgan fingerprint density at radius 1 is 0.794 bits per heavy atom. The molecule has 174 valence electrons. The number of ether oxygens (including phenoxy) is 4. The van der Waals surface area contributed by atoms with E-state index in [0.29, 0.717) is 11.3 Å². The fourth-order valence-electron chi connectivity index (χ4n) is 3.86. The maximum Gasteiger partial charge on any atom is 0.338 e. The first-order valence-electron chi connectivity index (χ1n) is 10.0. The Morgan fingerprint density at radius 3 is 2.06 bits per heavy atom. The summed E-state index contributed by atoms with van der Waals surface area (Å²) >= 11 is 0. The highest BCUT2D eigenvalue weighted by Crippen LogP contribution is 2.39. The lowest BCUT2D eigenvalue weighted by molar-refractivity contribution is 0.0471. The summed E-state index contributed by atoms with van der Waals surface area (Å²) in [6.45, 7) is -0.287. The van der Waals surface area contributed by atoms with Gasteiger partial charge in [0.05, 0.1) is 38.0 Å². The molecule has 0 saturated heterocycles. The van der Waals surface area contributed by atoms with Crippen LogP contribution in [0.25, 0.3) is 0 Å². The zero-order valence-corrected chi connectivity index (χ0v) is 18.5. The third kappa shape index (κ3) is 3.66. The number of methoxy groups -OCH3 is 3. The highest BCUT2D eigenvalue weighted by Gasteiger charge is 2.34. The molecular weight excluding hydrogens is 444 g/mol. The van der Waals surface area contributed by atoms with E-state index >= 15 is 0 Å². The van der Waals surface area contributed by atoms with Crippen molar-refractivity contribution in [2.24, 2.45) is 0 Å². The van der Waals surface area contributed by atoms with E-state index in [1.807, 2.05) is 0 Å². The number of hydrogen-bond acceptors (Lipinski definition) is 9. The van der Waals surface area contributed by atoms with Crippen molar-refractivity contribution in [1.29, 1.82) is 0 Å². The van der Waals surface area contributed by atoms with Crippen molar-refractivity contribution in [3.63, 3.8) is 0 Å². The minimum atomic E-state index is -0.714. The molecule has 9 nitrogen and oxygen atoms in total. The van der Waals surface area contributed by atoms with E-state index in [4.69, 9.17) is 18.9 Å². The lowest BCUT2D eigenvalue weighted by Crippen LogP contribution is -2.21. The van der Waals surface area contributed by atoms with Gasteiger partial charge in [-0.05, 0) is 35.9 Å². The number of carbonyl (C=O) groups is 3. The van der Waals surface area contributed by atoms with Crippen molar-refractivity contribution in [3.05, 3.63) is 75.8 Å². The molecule has 0 saturated carbocycles. The number of fused-ring (bicyclic) bond motifs is 2. The van der Waals surface area contributed by atoms with Gasteiger partial charge in [0.2, 0.25) is 11.5 Å². The van der Waals surface area contributed by atoms with E-state index in [1.165, 1.54) is 63.8 Å². The molecule has 3 aromatic carbocycles. The molecule has 0 spiro atoms. The molecule has 0 bridgehead atoms. The van der Waals surface area contributed by atoms with Crippen molar-refractivity contribution in [2.75, 3.05) is 21.3 Å². The number of ketones is 2. The second-order valence-electron chi connectivity index (χ2n) is 7.39. The topological polar surface area (TPSA) is 129 Å². The SMILES string of the molecule is COc1cc(C(=O)OCc2cc(O)c3c(c2)C(=O)c2cccc(O)c2C3=O)cc(OC)c1OC. The van der Waals surface area contributed by atoms with Crippen LogP contribution in [-0.2, 0) is 11.3 Å². The largest absolute Gasteiger partial charge is 0.507 e. The molecule has 0 heterocycles. The van der Waals surface area contributed by atoms with Crippen LogP contribution in [0.2, 0.25) is 0 Å². The van der Waals surface area contributed by atoms with Gasteiger partial charge < -0.3 is 29.2 Å². The van der Waals surface area contributed by atoms with Crippen molar-refractivity contribution < 1.29 is 43.5 Å². The fourth-order valence-corrected chi connectivity index (χ4v) is 3.86. The molecule has 0 atom stereocenters. The normalized spacial score (nSPS) is 12.0. The maximum atomic E-state index is 12.9. The molecule has 0 radical (unpaired) electrons. The van der Waals surface area contributed by atoms with Gasteiger partial charge in [-0.2, -0.15) is 0 Å². The zero-order valence-electron chi connectivity index (χ0n) is 18.5. The second kappa shape index (κ2) is 8.78. The minimum Gasteiger partial charge on any atom is -0.507 e. The zero-order chi connectivity index (χ0) is 24.6. The van der Waals surface area contributed by atoms with Gasteiger partial charge in [0.15, 0.2) is 17.3 Å². The van der Waals surface area contributed by atoms with Crippen molar-refractivity contribution in [3.8, 4) is 28.7 Å². The van der Waals surface area contributed by atoms with Gasteiger partial charge in [0.1, 0.15) is 18.1 Å². The number of aromatic hydroxyl groups is 2. The second-order valence-corrected chi connectivity index (χ2v) is 7.39. The van der Waals surface area contributed by atoms with Crippen LogP contribution in [-0.4, -0.2) is 49.1 Å². The van der Waals surface area contributed by atoms with Crippen molar-refractivity contribution in [1.82, 2.24) is 0 Å². The minimum absolute atomic E-state index is 0.0310. The molecule has 0 fully saturated rings. The third-order valence-electron chi connectivity index (χ3n) is 5.43. The molecule has 3 aromatic rings. The van der Waals surface area contributed by atoms with Gasteiger partial charge in [-0.15, -0.1) is 0 Å². The van der Waals surface area contributed by atoms with Crippen molar-refractivity contribution >= 4 is 17.5 Å². The molecule has 9 heteroatoms. The smallest absolute Gasteiger partial charge is 0.338 e. The van der Waals surface area contributed by atoms with Crippen LogP contribution < -0.4 is 14.2 Å². The summed E-state index contributed by atoms with van der Waals surface area (Å²) in [5, 5.41) is 20.5. The average Bonchev–Trinajstić information content (AvgIpc) is 2.84. The fraction of sp³-hybridized carbons (Fsp3) is 0.160. The quantitative estimate of drug-likeness (QED) is 0.413. The maximum absolute atomic E-state index is 12.9. The number of phenols is 2. The highest BCUT2D eigenvalue weighted by atomic mass is 16.5. The number of carbonyl (C=O) groups excluding carboxylic acids is 3. The molecule has 0 aliphatic heterocycles. The van der Waals surface area contributed by atoms with E-state index in [-0.39, 0.29) is 51.7 Å². The van der Waals surface area contributed by atoms with Crippen molar-refractivity contribution in [2.45, 2.75) is 6.61 Å². The lowest BCUT2D eigenvalue weighted by Gasteiger charge is -2.20. The summed E-state index contributed by atoms with van der Waals surface area (Å²) < 4.78 is 21.1. The number of esters is 1. The molecule has 34 heavy (non-hydrogen) atoms. The first-order chi connectivity index (χ1) is 16.3. The molecule has 4 rings (SSSR count). The van der Waals surface area contributed by atoms with Gasteiger partial charge in [-0.1, -0.05) is 12.1 Å². The summed E-state index contributed by atoms with van der Waals surface area (Å²) in [5.41, 5.74) is 0.0510. The molecule has 1 aliphatic rings. The summed E-state index contributed by atoms with van der Waals surface area (Å²) in [4.78, 5) is 38.4. The van der Waals surface area contributed by atoms with E-state index < -0.39 is 23.3 Å².